The quantitative estimate of drug-likeness (QED) is 0.567. The third-order valence-corrected chi connectivity index (χ3v) is 5.29. The second-order valence-electron chi connectivity index (χ2n) is 6.20. The van der Waals surface area contributed by atoms with Gasteiger partial charge in [-0.1, -0.05) is 34.1 Å². The molecule has 0 saturated carbocycles. The minimum Gasteiger partial charge on any atom is -0.383 e. The molecule has 2 rings (SSSR count). The summed E-state index contributed by atoms with van der Waals surface area (Å²) in [5.74, 6) is 0.935. The van der Waals surface area contributed by atoms with Crippen LogP contribution < -0.4 is 5.32 Å². The number of methoxy groups -OCH3 is 1. The first-order valence-corrected chi connectivity index (χ1v) is 9.33. The van der Waals surface area contributed by atoms with Crippen molar-refractivity contribution in [2.75, 3.05) is 47.4 Å². The molecule has 134 valence electrons. The van der Waals surface area contributed by atoms with Gasteiger partial charge >= 0.3 is 0 Å². The lowest BCUT2D eigenvalue weighted by Crippen LogP contribution is -2.45. The summed E-state index contributed by atoms with van der Waals surface area (Å²) < 4.78 is 6.35. The zero-order valence-corrected chi connectivity index (χ0v) is 16.6. The molecular weight excluding hydrogens is 368 g/mol. The van der Waals surface area contributed by atoms with E-state index in [1.165, 1.54) is 24.9 Å². The van der Waals surface area contributed by atoms with Gasteiger partial charge in [-0.25, -0.2) is 0 Å². The van der Waals surface area contributed by atoms with Gasteiger partial charge in [-0.15, -0.1) is 0 Å². The highest BCUT2D eigenvalue weighted by Crippen LogP contribution is 2.18. The van der Waals surface area contributed by atoms with Crippen molar-refractivity contribution in [1.29, 1.82) is 0 Å². The van der Waals surface area contributed by atoms with Crippen molar-refractivity contribution < 1.29 is 4.74 Å². The Labute approximate surface area is 154 Å². The molecule has 0 aromatic heterocycles. The summed E-state index contributed by atoms with van der Waals surface area (Å²) in [6.07, 6.45) is 2.50. The topological polar surface area (TPSA) is 40.1 Å². The number of aliphatic imine (C=N–C) groups is 1. The van der Waals surface area contributed by atoms with E-state index >= 15 is 0 Å². The molecule has 0 bridgehead atoms. The van der Waals surface area contributed by atoms with E-state index in [2.05, 4.69) is 61.3 Å². The van der Waals surface area contributed by atoms with Crippen molar-refractivity contribution in [3.8, 4) is 0 Å². The summed E-state index contributed by atoms with van der Waals surface area (Å²) in [5, 5.41) is 3.54. The summed E-state index contributed by atoms with van der Waals surface area (Å²) in [6, 6.07) is 8.88. The largest absolute Gasteiger partial charge is 0.383 e. The van der Waals surface area contributed by atoms with Crippen LogP contribution in [-0.4, -0.2) is 69.2 Å². The van der Waals surface area contributed by atoms with E-state index in [-0.39, 0.29) is 0 Å². The van der Waals surface area contributed by atoms with Crippen molar-refractivity contribution in [3.63, 3.8) is 0 Å². The molecule has 1 N–H and O–H groups in total. The molecule has 0 spiro atoms. The maximum atomic E-state index is 5.22. The Hall–Kier alpha value is -1.11. The van der Waals surface area contributed by atoms with Crippen molar-refractivity contribution in [2.24, 2.45) is 4.99 Å². The normalized spacial score (nSPS) is 18.8. The van der Waals surface area contributed by atoms with Crippen LogP contribution >= 0.6 is 15.9 Å². The van der Waals surface area contributed by atoms with E-state index in [1.54, 1.807) is 7.11 Å². The standard InChI is InChI=1S/C18H29BrN4O/c1-20-18(22(2)14-15-7-4-5-9-17(15)19)21-13-16-8-6-10-23(16)11-12-24-3/h4-5,7,9,16H,6,8,10-14H2,1-3H3,(H,20,21). The predicted molar refractivity (Wildman–Crippen MR) is 103 cm³/mol. The molecule has 1 unspecified atom stereocenters. The number of nitrogens with one attached hydrogen (secondary N) is 1. The Kier molecular flexibility index (Phi) is 8.02. The maximum absolute atomic E-state index is 5.22. The number of hydrogen-bond donors (Lipinski definition) is 1. The SMILES string of the molecule is CN=C(NCC1CCCN1CCOC)N(C)Cc1ccccc1Br. The first kappa shape index (κ1) is 19.2. The predicted octanol–water partition coefficient (Wildman–Crippen LogP) is 2.57. The maximum Gasteiger partial charge on any atom is 0.193 e. The van der Waals surface area contributed by atoms with Crippen molar-refractivity contribution in [2.45, 2.75) is 25.4 Å². The summed E-state index contributed by atoms with van der Waals surface area (Å²) >= 11 is 3.62. The highest BCUT2D eigenvalue weighted by atomic mass is 79.9. The Morgan fingerprint density at radius 1 is 1.46 bits per heavy atom. The molecule has 1 atom stereocenters. The fraction of sp³-hybridized carbons (Fsp3) is 0.611. The van der Waals surface area contributed by atoms with Crippen LogP contribution in [0, 0.1) is 0 Å². The molecule has 1 fully saturated rings. The molecule has 1 aromatic rings. The van der Waals surface area contributed by atoms with E-state index in [1.807, 2.05) is 13.1 Å². The van der Waals surface area contributed by atoms with Gasteiger partial charge in [0.15, 0.2) is 5.96 Å². The lowest BCUT2D eigenvalue weighted by molar-refractivity contribution is 0.141. The fourth-order valence-corrected chi connectivity index (χ4v) is 3.59. The van der Waals surface area contributed by atoms with Gasteiger partial charge in [0.1, 0.15) is 0 Å². The monoisotopic (exact) mass is 396 g/mol. The smallest absolute Gasteiger partial charge is 0.193 e. The second-order valence-corrected chi connectivity index (χ2v) is 7.05. The van der Waals surface area contributed by atoms with Crippen LogP contribution in [0.5, 0.6) is 0 Å². The second kappa shape index (κ2) is 10.0. The Morgan fingerprint density at radius 2 is 2.25 bits per heavy atom. The summed E-state index contributed by atoms with van der Waals surface area (Å²) in [5.41, 5.74) is 1.26. The number of rotatable bonds is 7. The number of nitrogens with zero attached hydrogens (tertiary/aromatic N) is 3. The van der Waals surface area contributed by atoms with Crippen molar-refractivity contribution in [1.82, 2.24) is 15.1 Å². The average molecular weight is 397 g/mol. The van der Waals surface area contributed by atoms with Crippen LogP contribution in [0.4, 0.5) is 0 Å². The number of likely N-dealkylation sites (tertiary alicyclic amines) is 1. The van der Waals surface area contributed by atoms with Crippen LogP contribution in [0.3, 0.4) is 0 Å². The lowest BCUT2D eigenvalue weighted by Gasteiger charge is -2.27. The third-order valence-electron chi connectivity index (χ3n) is 4.52. The summed E-state index contributed by atoms with van der Waals surface area (Å²) in [7, 11) is 5.68. The summed E-state index contributed by atoms with van der Waals surface area (Å²) in [4.78, 5) is 9.11. The molecule has 0 amide bonds. The molecule has 6 heteroatoms. The molecule has 1 aliphatic rings. The molecule has 0 radical (unpaired) electrons. The molecule has 1 heterocycles. The van der Waals surface area contributed by atoms with Gasteiger partial charge in [-0.3, -0.25) is 9.89 Å². The molecule has 24 heavy (non-hydrogen) atoms. The van der Waals surface area contributed by atoms with Crippen LogP contribution in [0.1, 0.15) is 18.4 Å². The van der Waals surface area contributed by atoms with Crippen LogP contribution in [0.15, 0.2) is 33.7 Å². The van der Waals surface area contributed by atoms with Gasteiger partial charge in [0.05, 0.1) is 6.61 Å². The molecule has 1 saturated heterocycles. The van der Waals surface area contributed by atoms with Gasteiger partial charge in [-0.05, 0) is 31.0 Å². The lowest BCUT2D eigenvalue weighted by atomic mass is 10.2. The Morgan fingerprint density at radius 3 is 2.96 bits per heavy atom. The van der Waals surface area contributed by atoms with Crippen LogP contribution in [0.2, 0.25) is 0 Å². The molecule has 1 aromatic carbocycles. The van der Waals surface area contributed by atoms with E-state index in [0.717, 1.165) is 36.7 Å². The zero-order chi connectivity index (χ0) is 17.4. The van der Waals surface area contributed by atoms with Gasteiger partial charge in [0.25, 0.3) is 0 Å². The molecule has 0 aliphatic carbocycles. The van der Waals surface area contributed by atoms with Crippen LogP contribution in [0.25, 0.3) is 0 Å². The Bertz CT molecular complexity index is 538. The number of benzene rings is 1. The highest BCUT2D eigenvalue weighted by molar-refractivity contribution is 9.10. The average Bonchev–Trinajstić information content (AvgIpc) is 3.03. The van der Waals surface area contributed by atoms with E-state index < -0.39 is 0 Å². The molecule has 5 nitrogen and oxygen atoms in total. The van der Waals surface area contributed by atoms with Crippen molar-refractivity contribution >= 4 is 21.9 Å². The van der Waals surface area contributed by atoms with Gasteiger partial charge in [-0.2, -0.15) is 0 Å². The summed E-state index contributed by atoms with van der Waals surface area (Å²) in [6.45, 7) is 4.72. The van der Waals surface area contributed by atoms with Gasteiger partial charge in [0.2, 0.25) is 0 Å². The van der Waals surface area contributed by atoms with Gasteiger partial charge < -0.3 is 15.0 Å². The van der Waals surface area contributed by atoms with E-state index in [0.29, 0.717) is 6.04 Å². The number of ether oxygens (including phenoxy) is 1. The first-order chi connectivity index (χ1) is 11.7. The minimum absolute atomic E-state index is 0.564. The van der Waals surface area contributed by atoms with E-state index in [9.17, 15) is 0 Å². The molecular formula is C18H29BrN4O. The first-order valence-electron chi connectivity index (χ1n) is 8.54. The fourth-order valence-electron chi connectivity index (χ4n) is 3.18. The number of halogens is 1. The highest BCUT2D eigenvalue weighted by Gasteiger charge is 2.24. The Balaban J connectivity index is 1.86. The minimum atomic E-state index is 0.564. The van der Waals surface area contributed by atoms with Crippen molar-refractivity contribution in [3.05, 3.63) is 34.3 Å². The third kappa shape index (κ3) is 5.46. The van der Waals surface area contributed by atoms with Crippen LogP contribution in [-0.2, 0) is 11.3 Å². The molecule has 1 aliphatic heterocycles. The van der Waals surface area contributed by atoms with Gasteiger partial charge in [0, 0.05) is 51.4 Å². The number of guanidine groups is 1. The zero-order valence-electron chi connectivity index (χ0n) is 15.0. The number of hydrogen-bond acceptors (Lipinski definition) is 3. The van der Waals surface area contributed by atoms with E-state index in [4.69, 9.17) is 4.74 Å².